The number of carbonyl (C=O) groups is 1. The molecule has 4 aliphatic rings. The van der Waals surface area contributed by atoms with Crippen molar-refractivity contribution in [2.75, 3.05) is 0 Å². The first-order chi connectivity index (χ1) is 6.85. The normalized spacial score (nSPS) is 57.1. The molecule has 84 valence electrons. The number of nitrogens with two attached hydrogens (primary N) is 1. The molecular weight excluding hydrogens is 266 g/mol. The van der Waals surface area contributed by atoms with Gasteiger partial charge in [-0.05, 0) is 20.3 Å². The average molecular weight is 279 g/mol. The Hall–Kier alpha value is 0.870. The van der Waals surface area contributed by atoms with Gasteiger partial charge in [0.1, 0.15) is 4.08 Å². The van der Waals surface area contributed by atoms with Gasteiger partial charge in [-0.25, -0.2) is 0 Å². The van der Waals surface area contributed by atoms with E-state index in [1.807, 2.05) is 23.5 Å². The third-order valence-corrected chi connectivity index (χ3v) is 9.81. The van der Waals surface area contributed by atoms with Crippen LogP contribution >= 0.6 is 47.0 Å². The molecule has 0 aliphatic carbocycles. The van der Waals surface area contributed by atoms with Crippen molar-refractivity contribution in [3.05, 3.63) is 0 Å². The molecule has 4 unspecified atom stereocenters. The molecule has 0 aromatic heterocycles. The van der Waals surface area contributed by atoms with Gasteiger partial charge in [0.25, 0.3) is 0 Å². The molecule has 4 fully saturated rings. The van der Waals surface area contributed by atoms with Crippen LogP contribution in [-0.4, -0.2) is 22.7 Å². The first-order valence-electron chi connectivity index (χ1n) is 4.91. The molecule has 0 aromatic rings. The maximum Gasteiger partial charge on any atom is 0.244 e. The molecule has 15 heavy (non-hydrogen) atoms. The van der Waals surface area contributed by atoms with Crippen molar-refractivity contribution in [1.29, 1.82) is 0 Å². The Morgan fingerprint density at radius 2 is 2.00 bits per heavy atom. The maximum atomic E-state index is 11.7. The summed E-state index contributed by atoms with van der Waals surface area (Å²) in [6.07, 6.45) is 2.09. The lowest BCUT2D eigenvalue weighted by Gasteiger charge is -2.61. The monoisotopic (exact) mass is 279 g/mol. The molecule has 4 aliphatic heterocycles. The van der Waals surface area contributed by atoms with Crippen molar-refractivity contribution < 1.29 is 4.79 Å². The highest BCUT2D eigenvalue weighted by Gasteiger charge is 2.65. The Bertz CT molecular complexity index is 329. The summed E-state index contributed by atoms with van der Waals surface area (Å²) in [4.78, 5) is 11.7. The Balaban J connectivity index is 2.05. The number of carbonyl (C=O) groups excluding carboxylic acids is 1. The van der Waals surface area contributed by atoms with E-state index in [1.54, 1.807) is 23.5 Å². The minimum Gasteiger partial charge on any atom is -0.368 e. The molecule has 4 saturated heterocycles. The summed E-state index contributed by atoms with van der Waals surface area (Å²) in [6.45, 7) is 4.54. The Morgan fingerprint density at radius 1 is 1.27 bits per heavy atom. The fraction of sp³-hybridized carbons (Fsp3) is 0.889. The lowest BCUT2D eigenvalue weighted by Crippen LogP contribution is -2.58. The highest BCUT2D eigenvalue weighted by molar-refractivity contribution is 8.38. The highest BCUT2D eigenvalue weighted by Crippen LogP contribution is 2.77. The fourth-order valence-electron chi connectivity index (χ4n) is 2.63. The van der Waals surface area contributed by atoms with E-state index in [1.165, 1.54) is 6.42 Å². The summed E-state index contributed by atoms with van der Waals surface area (Å²) in [7, 11) is 0. The van der Waals surface area contributed by atoms with Crippen LogP contribution in [-0.2, 0) is 4.79 Å². The molecule has 4 heterocycles. The van der Waals surface area contributed by atoms with Gasteiger partial charge in [-0.1, -0.05) is 0 Å². The summed E-state index contributed by atoms with van der Waals surface area (Å²) in [5, 5.41) is 0. The molecule has 0 aromatic carbocycles. The molecule has 0 spiro atoms. The van der Waals surface area contributed by atoms with Gasteiger partial charge >= 0.3 is 0 Å². The molecular formula is C9H13NOS4. The molecule has 6 heteroatoms. The molecule has 4 rings (SSSR count). The molecule has 1 amide bonds. The van der Waals surface area contributed by atoms with Crippen molar-refractivity contribution in [1.82, 2.24) is 0 Å². The van der Waals surface area contributed by atoms with E-state index >= 15 is 0 Å². The van der Waals surface area contributed by atoms with Gasteiger partial charge in [-0.2, -0.15) is 0 Å². The summed E-state index contributed by atoms with van der Waals surface area (Å²) >= 11 is 7.66. The SMILES string of the molecule is CC12CC3(C(N)=O)SC(CC(C)(S1)S3)S2. The van der Waals surface area contributed by atoms with Gasteiger partial charge in [0.15, 0.2) is 0 Å². The van der Waals surface area contributed by atoms with E-state index in [2.05, 4.69) is 13.8 Å². The molecule has 4 atom stereocenters. The van der Waals surface area contributed by atoms with E-state index in [4.69, 9.17) is 5.73 Å². The van der Waals surface area contributed by atoms with Gasteiger partial charge in [-0.3, -0.25) is 4.79 Å². The summed E-state index contributed by atoms with van der Waals surface area (Å²) in [5.41, 5.74) is 5.61. The van der Waals surface area contributed by atoms with Crippen LogP contribution in [0.15, 0.2) is 0 Å². The fourth-order valence-corrected chi connectivity index (χ4v) is 14.2. The molecule has 0 radical (unpaired) electrons. The van der Waals surface area contributed by atoms with E-state index in [-0.39, 0.29) is 18.1 Å². The highest BCUT2D eigenvalue weighted by atomic mass is 32.3. The van der Waals surface area contributed by atoms with E-state index in [0.29, 0.717) is 4.58 Å². The number of hydrogen-bond donors (Lipinski definition) is 1. The van der Waals surface area contributed by atoms with Crippen molar-refractivity contribution in [3.63, 3.8) is 0 Å². The van der Waals surface area contributed by atoms with Gasteiger partial charge in [-0.15, -0.1) is 47.0 Å². The number of amides is 1. The van der Waals surface area contributed by atoms with Gasteiger partial charge in [0.2, 0.25) is 5.91 Å². The van der Waals surface area contributed by atoms with Crippen LogP contribution in [0, 0.1) is 0 Å². The van der Waals surface area contributed by atoms with Gasteiger partial charge in [0.05, 0.1) is 12.7 Å². The maximum absolute atomic E-state index is 11.7. The number of thioether (sulfide) groups is 4. The first kappa shape index (κ1) is 11.0. The van der Waals surface area contributed by atoms with Crippen LogP contribution in [0.3, 0.4) is 0 Å². The zero-order chi connectivity index (χ0) is 10.9. The van der Waals surface area contributed by atoms with Crippen molar-refractivity contribution in [2.45, 2.75) is 43.5 Å². The van der Waals surface area contributed by atoms with Crippen LogP contribution < -0.4 is 5.73 Å². The second-order valence-electron chi connectivity index (χ2n) is 4.64. The van der Waals surface area contributed by atoms with Crippen molar-refractivity contribution in [2.24, 2.45) is 5.73 Å². The number of primary amides is 1. The topological polar surface area (TPSA) is 43.1 Å². The van der Waals surface area contributed by atoms with Crippen molar-refractivity contribution in [3.8, 4) is 0 Å². The van der Waals surface area contributed by atoms with Crippen molar-refractivity contribution >= 4 is 53.0 Å². The Morgan fingerprint density at radius 3 is 2.53 bits per heavy atom. The zero-order valence-corrected chi connectivity index (χ0v) is 11.9. The second kappa shape index (κ2) is 3.00. The van der Waals surface area contributed by atoms with Gasteiger partial charge < -0.3 is 5.73 Å². The third kappa shape index (κ3) is 1.55. The third-order valence-electron chi connectivity index (χ3n) is 2.98. The molecule has 4 bridgehead atoms. The first-order valence-corrected chi connectivity index (χ1v) is 8.30. The lowest BCUT2D eigenvalue weighted by atomic mass is 10.2. The van der Waals surface area contributed by atoms with Crippen LogP contribution in [0.1, 0.15) is 26.7 Å². The number of hydrogen-bond acceptors (Lipinski definition) is 5. The largest absolute Gasteiger partial charge is 0.368 e. The van der Waals surface area contributed by atoms with Crippen LogP contribution in [0.2, 0.25) is 0 Å². The van der Waals surface area contributed by atoms with Crippen LogP contribution in [0.25, 0.3) is 0 Å². The second-order valence-corrected chi connectivity index (χ2v) is 12.7. The standard InChI is InChI=1S/C9H13NOS4/c1-7-3-5-12-8(2,14-7)4-9(13-5,15-7)6(10)11/h5H,3-4H2,1-2H3,(H2,10,11). The summed E-state index contributed by atoms with van der Waals surface area (Å²) in [5.74, 6) is -0.125. The van der Waals surface area contributed by atoms with Crippen LogP contribution in [0.4, 0.5) is 0 Å². The smallest absolute Gasteiger partial charge is 0.244 e. The Labute approximate surface area is 107 Å². The zero-order valence-electron chi connectivity index (χ0n) is 8.61. The summed E-state index contributed by atoms with van der Waals surface area (Å²) in [6, 6.07) is 0. The van der Waals surface area contributed by atoms with E-state index in [9.17, 15) is 4.79 Å². The van der Waals surface area contributed by atoms with E-state index < -0.39 is 0 Å². The average Bonchev–Trinajstić information content (AvgIpc) is 1.95. The van der Waals surface area contributed by atoms with Gasteiger partial charge in [0, 0.05) is 6.42 Å². The van der Waals surface area contributed by atoms with Crippen LogP contribution in [0.5, 0.6) is 0 Å². The minimum atomic E-state index is -0.344. The molecule has 2 nitrogen and oxygen atoms in total. The predicted octanol–water partition coefficient (Wildman–Crippen LogP) is 2.68. The number of rotatable bonds is 1. The minimum absolute atomic E-state index is 0.125. The lowest BCUT2D eigenvalue weighted by molar-refractivity contribution is -0.118. The molecule has 0 saturated carbocycles. The summed E-state index contributed by atoms with van der Waals surface area (Å²) < 4.78 is 0.610. The van der Waals surface area contributed by atoms with E-state index in [0.717, 1.165) is 6.42 Å². The quantitative estimate of drug-likeness (QED) is 0.799. The Kier molecular flexibility index (Phi) is 2.20. The predicted molar refractivity (Wildman–Crippen MR) is 72.1 cm³/mol. The molecule has 2 N–H and O–H groups in total.